The monoisotopic (exact) mass is 296 g/mol. The van der Waals surface area contributed by atoms with Crippen molar-refractivity contribution >= 4 is 27.1 Å². The van der Waals surface area contributed by atoms with E-state index in [0.717, 1.165) is 11.4 Å². The second-order valence-electron chi connectivity index (χ2n) is 5.05. The summed E-state index contributed by atoms with van der Waals surface area (Å²) in [6.45, 7) is 3.03. The minimum Gasteiger partial charge on any atom is -0.371 e. The molecule has 6 heteroatoms. The molecule has 1 aromatic carbocycles. The van der Waals surface area contributed by atoms with Crippen molar-refractivity contribution in [2.24, 2.45) is 0 Å². The number of carbonyl (C=O) groups excluding carboxylic acids is 1. The highest BCUT2D eigenvalue weighted by Crippen LogP contribution is 2.31. The zero-order chi connectivity index (χ0) is 14.8. The lowest BCUT2D eigenvalue weighted by Crippen LogP contribution is -2.45. The number of likely N-dealkylation sites (N-methyl/N-ethyl adjacent to an activating group) is 1. The number of anilines is 2. The normalized spacial score (nSPS) is 15.1. The van der Waals surface area contributed by atoms with E-state index >= 15 is 0 Å². The molecule has 0 atom stereocenters. The van der Waals surface area contributed by atoms with Gasteiger partial charge in [0.25, 0.3) is 0 Å². The van der Waals surface area contributed by atoms with E-state index < -0.39 is 15.6 Å². The van der Waals surface area contributed by atoms with Crippen LogP contribution in [0.4, 0.5) is 11.4 Å². The quantitative estimate of drug-likeness (QED) is 0.840. The number of carbonyl (C=O) groups is 1. The fraction of sp³-hybridized carbons (Fsp3) is 0.500. The highest BCUT2D eigenvalue weighted by Gasteiger charge is 2.27. The number of hydrogen-bond donors (Lipinski definition) is 0. The lowest BCUT2D eigenvalue weighted by Gasteiger charge is -2.35. The van der Waals surface area contributed by atoms with Gasteiger partial charge in [-0.1, -0.05) is 19.1 Å². The Morgan fingerprint density at radius 1 is 1.20 bits per heavy atom. The molecule has 0 aliphatic carbocycles. The predicted molar refractivity (Wildman–Crippen MR) is 81.0 cm³/mol. The van der Waals surface area contributed by atoms with Gasteiger partial charge in [0.05, 0.1) is 17.1 Å². The molecule has 0 saturated heterocycles. The van der Waals surface area contributed by atoms with E-state index in [9.17, 15) is 13.2 Å². The summed E-state index contributed by atoms with van der Waals surface area (Å²) in [6, 6.07) is 7.57. The smallest absolute Gasteiger partial charge is 0.242 e. The molecule has 0 unspecified atom stereocenters. The second kappa shape index (κ2) is 5.83. The van der Waals surface area contributed by atoms with Crippen LogP contribution in [0, 0.1) is 0 Å². The van der Waals surface area contributed by atoms with Gasteiger partial charge < -0.3 is 9.80 Å². The van der Waals surface area contributed by atoms with Crippen molar-refractivity contribution in [2.45, 2.75) is 13.3 Å². The van der Waals surface area contributed by atoms with Crippen LogP contribution in [0.15, 0.2) is 24.3 Å². The lowest BCUT2D eigenvalue weighted by molar-refractivity contribution is -0.116. The number of para-hydroxylation sites is 2. The third-order valence-electron chi connectivity index (χ3n) is 3.40. The van der Waals surface area contributed by atoms with Crippen LogP contribution in [-0.4, -0.2) is 46.0 Å². The van der Waals surface area contributed by atoms with Crippen LogP contribution in [-0.2, 0) is 14.6 Å². The first-order valence-corrected chi connectivity index (χ1v) is 8.57. The maximum atomic E-state index is 12.3. The number of hydrogen-bond acceptors (Lipinski definition) is 4. The third kappa shape index (κ3) is 3.12. The van der Waals surface area contributed by atoms with E-state index in [1.165, 1.54) is 0 Å². The fourth-order valence-electron chi connectivity index (χ4n) is 2.41. The van der Waals surface area contributed by atoms with Crippen LogP contribution in [0.5, 0.6) is 0 Å². The van der Waals surface area contributed by atoms with Gasteiger partial charge in [0.2, 0.25) is 5.91 Å². The van der Waals surface area contributed by atoms with Crippen LogP contribution in [0.2, 0.25) is 0 Å². The molecule has 0 fully saturated rings. The summed E-state index contributed by atoms with van der Waals surface area (Å²) in [5.74, 6) is -0.675. The second-order valence-corrected chi connectivity index (χ2v) is 7.23. The zero-order valence-corrected chi connectivity index (χ0v) is 12.7. The topological polar surface area (TPSA) is 57.7 Å². The Hall–Kier alpha value is -1.56. The summed E-state index contributed by atoms with van der Waals surface area (Å²) >= 11 is 0. The highest BCUT2D eigenvalue weighted by atomic mass is 32.2. The number of benzene rings is 1. The summed E-state index contributed by atoms with van der Waals surface area (Å²) in [4.78, 5) is 15.9. The first-order valence-electron chi connectivity index (χ1n) is 6.75. The number of rotatable bonds is 4. The number of fused-ring (bicyclic) bond motifs is 1. The van der Waals surface area contributed by atoms with Gasteiger partial charge in [-0.25, -0.2) is 8.42 Å². The third-order valence-corrected chi connectivity index (χ3v) is 5.12. The van der Waals surface area contributed by atoms with E-state index in [1.807, 2.05) is 31.3 Å². The summed E-state index contributed by atoms with van der Waals surface area (Å²) in [6.07, 6.45) is 0.537. The molecule has 1 aliphatic rings. The minimum absolute atomic E-state index is 0.0636. The zero-order valence-electron chi connectivity index (χ0n) is 11.9. The van der Waals surface area contributed by atoms with E-state index in [1.54, 1.807) is 11.8 Å². The van der Waals surface area contributed by atoms with Crippen LogP contribution in [0.1, 0.15) is 13.3 Å². The van der Waals surface area contributed by atoms with Crippen LogP contribution >= 0.6 is 0 Å². The molecule has 1 heterocycles. The minimum atomic E-state index is -3.30. The molecule has 0 saturated carbocycles. The van der Waals surface area contributed by atoms with Crippen LogP contribution < -0.4 is 9.80 Å². The van der Waals surface area contributed by atoms with Crippen molar-refractivity contribution in [3.8, 4) is 0 Å². The molecule has 20 heavy (non-hydrogen) atoms. The van der Waals surface area contributed by atoms with Crippen LogP contribution in [0.3, 0.4) is 0 Å². The largest absolute Gasteiger partial charge is 0.371 e. The molecule has 2 rings (SSSR count). The Kier molecular flexibility index (Phi) is 4.32. The van der Waals surface area contributed by atoms with Gasteiger partial charge in [-0.05, 0) is 18.6 Å². The lowest BCUT2D eigenvalue weighted by atomic mass is 10.2. The van der Waals surface area contributed by atoms with Crippen molar-refractivity contribution in [2.75, 3.05) is 41.4 Å². The van der Waals surface area contributed by atoms with Crippen molar-refractivity contribution in [3.63, 3.8) is 0 Å². The molecular weight excluding hydrogens is 276 g/mol. The van der Waals surface area contributed by atoms with Gasteiger partial charge in [-0.15, -0.1) is 0 Å². The fourth-order valence-corrected chi connectivity index (χ4v) is 3.71. The molecule has 110 valence electrons. The molecule has 0 N–H and O–H groups in total. The van der Waals surface area contributed by atoms with Crippen molar-refractivity contribution in [1.82, 2.24) is 0 Å². The number of sulfone groups is 1. The predicted octanol–water partition coefficient (Wildman–Crippen LogP) is 1.29. The SMILES string of the molecule is CCCS(=O)(=O)CC(=O)N1CCN(C)c2ccccc21. The summed E-state index contributed by atoms with van der Waals surface area (Å²) in [5.41, 5.74) is 1.75. The Balaban J connectivity index is 2.22. The van der Waals surface area contributed by atoms with Crippen LogP contribution in [0.25, 0.3) is 0 Å². The van der Waals surface area contributed by atoms with Gasteiger partial charge >= 0.3 is 0 Å². The Labute approximate surface area is 120 Å². The Morgan fingerprint density at radius 2 is 1.85 bits per heavy atom. The van der Waals surface area contributed by atoms with Crippen molar-refractivity contribution in [3.05, 3.63) is 24.3 Å². The average Bonchev–Trinajstić information content (AvgIpc) is 2.38. The molecule has 1 aromatic rings. The highest BCUT2D eigenvalue weighted by molar-refractivity contribution is 7.92. The molecule has 1 amide bonds. The molecule has 0 spiro atoms. The van der Waals surface area contributed by atoms with Gasteiger partial charge in [-0.2, -0.15) is 0 Å². The molecular formula is C14H20N2O3S. The summed E-state index contributed by atoms with van der Waals surface area (Å²) in [7, 11) is -1.33. The molecule has 1 aliphatic heterocycles. The van der Waals surface area contributed by atoms with Crippen molar-refractivity contribution < 1.29 is 13.2 Å². The maximum absolute atomic E-state index is 12.3. The van der Waals surface area contributed by atoms with Gasteiger partial charge in [0.15, 0.2) is 9.84 Å². The maximum Gasteiger partial charge on any atom is 0.242 e. The first kappa shape index (κ1) is 14.8. The van der Waals surface area contributed by atoms with E-state index in [0.29, 0.717) is 19.5 Å². The van der Waals surface area contributed by atoms with Crippen molar-refractivity contribution in [1.29, 1.82) is 0 Å². The molecule has 0 aromatic heterocycles. The van der Waals surface area contributed by atoms with Gasteiger partial charge in [0, 0.05) is 20.1 Å². The number of amides is 1. The van der Waals surface area contributed by atoms with Gasteiger partial charge in [0.1, 0.15) is 5.75 Å². The number of nitrogens with zero attached hydrogens (tertiary/aromatic N) is 2. The molecule has 0 radical (unpaired) electrons. The molecule has 5 nitrogen and oxygen atoms in total. The van der Waals surface area contributed by atoms with Gasteiger partial charge in [-0.3, -0.25) is 4.79 Å². The Bertz CT molecular complexity index is 598. The standard InChI is InChI=1S/C14H20N2O3S/c1-3-10-20(18,19)11-14(17)16-9-8-15(2)12-6-4-5-7-13(12)16/h4-7H,3,8-11H2,1-2H3. The summed E-state index contributed by atoms with van der Waals surface area (Å²) in [5, 5.41) is 0. The summed E-state index contributed by atoms with van der Waals surface area (Å²) < 4.78 is 23.6. The molecule has 0 bridgehead atoms. The van der Waals surface area contributed by atoms with E-state index in [2.05, 4.69) is 4.90 Å². The van der Waals surface area contributed by atoms with E-state index in [-0.39, 0.29) is 11.7 Å². The Morgan fingerprint density at radius 3 is 2.50 bits per heavy atom. The first-order chi connectivity index (χ1) is 9.44. The average molecular weight is 296 g/mol. The van der Waals surface area contributed by atoms with E-state index in [4.69, 9.17) is 0 Å².